The third-order valence-electron chi connectivity index (χ3n) is 1.49. The Morgan fingerprint density at radius 2 is 2.09 bits per heavy atom. The number of hydrogen-bond acceptors (Lipinski definition) is 1. The molecule has 0 heterocycles. The Bertz CT molecular complexity index is 157. The minimum Gasteiger partial charge on any atom is -0.478 e. The first kappa shape index (κ1) is 10.2. The van der Waals surface area contributed by atoms with E-state index in [4.69, 9.17) is 5.11 Å². The summed E-state index contributed by atoms with van der Waals surface area (Å²) in [5, 5.41) is 8.62. The number of hydrogen-bond donors (Lipinski definition) is 1. The van der Waals surface area contributed by atoms with Crippen LogP contribution in [0.3, 0.4) is 0 Å². The fraction of sp³-hybridized carbons (Fsp3) is 0.667. The highest BCUT2D eigenvalue weighted by atomic mass is 16.4. The molecule has 0 saturated heterocycles. The lowest BCUT2D eigenvalue weighted by atomic mass is 10.1. The van der Waals surface area contributed by atoms with E-state index in [1.54, 1.807) is 0 Å². The average molecular weight is 156 g/mol. The van der Waals surface area contributed by atoms with Gasteiger partial charge in [-0.2, -0.15) is 0 Å². The van der Waals surface area contributed by atoms with Crippen molar-refractivity contribution < 1.29 is 9.90 Å². The van der Waals surface area contributed by atoms with Gasteiger partial charge in [-0.3, -0.25) is 0 Å². The summed E-state index contributed by atoms with van der Waals surface area (Å²) in [6.07, 6.45) is 3.28. The monoisotopic (exact) mass is 156 g/mol. The summed E-state index contributed by atoms with van der Waals surface area (Å²) in [4.78, 5) is 10.5. The van der Waals surface area contributed by atoms with Crippen molar-refractivity contribution in [3.8, 4) is 0 Å². The van der Waals surface area contributed by atoms with Crippen molar-refractivity contribution in [3.05, 3.63) is 11.6 Å². The fourth-order valence-electron chi connectivity index (χ4n) is 0.761. The summed E-state index contributed by atoms with van der Waals surface area (Å²) in [6, 6.07) is 0. The Morgan fingerprint density at radius 3 is 2.36 bits per heavy atom. The molecule has 0 spiro atoms. The Labute approximate surface area is 67.9 Å². The molecule has 0 aliphatic rings. The van der Waals surface area contributed by atoms with Gasteiger partial charge in [0.05, 0.1) is 0 Å². The molecule has 0 aliphatic heterocycles. The van der Waals surface area contributed by atoms with Crippen LogP contribution in [0.15, 0.2) is 11.6 Å². The maximum atomic E-state index is 10.5. The Morgan fingerprint density at radius 1 is 1.55 bits per heavy atom. The number of allylic oxidation sites excluding steroid dienone is 1. The van der Waals surface area contributed by atoms with Gasteiger partial charge >= 0.3 is 5.97 Å². The molecule has 0 aromatic rings. The van der Waals surface area contributed by atoms with Gasteiger partial charge in [-0.25, -0.2) is 4.79 Å². The zero-order chi connectivity index (χ0) is 8.85. The van der Waals surface area contributed by atoms with Crippen molar-refractivity contribution in [2.24, 2.45) is 5.92 Å². The summed E-state index contributed by atoms with van der Waals surface area (Å²) >= 11 is 0. The van der Waals surface area contributed by atoms with Crippen LogP contribution in [-0.2, 0) is 4.79 Å². The smallest absolute Gasteiger partial charge is 0.331 e. The molecule has 0 saturated carbocycles. The summed E-state index contributed by atoms with van der Waals surface area (Å²) in [5.41, 5.74) is 0.527. The van der Waals surface area contributed by atoms with Crippen LogP contribution in [0.2, 0.25) is 0 Å². The zero-order valence-corrected chi connectivity index (χ0v) is 7.42. The molecule has 1 N–H and O–H groups in total. The van der Waals surface area contributed by atoms with E-state index in [-0.39, 0.29) is 0 Å². The molecule has 0 aromatic carbocycles. The van der Waals surface area contributed by atoms with E-state index in [0.717, 1.165) is 6.42 Å². The maximum Gasteiger partial charge on any atom is 0.331 e. The van der Waals surface area contributed by atoms with Gasteiger partial charge in [0.1, 0.15) is 0 Å². The van der Waals surface area contributed by atoms with Crippen molar-refractivity contribution in [3.63, 3.8) is 0 Å². The molecule has 0 aromatic heterocycles. The van der Waals surface area contributed by atoms with Gasteiger partial charge in [0.2, 0.25) is 0 Å². The van der Waals surface area contributed by atoms with Crippen LogP contribution in [-0.4, -0.2) is 11.1 Å². The van der Waals surface area contributed by atoms with E-state index < -0.39 is 5.97 Å². The Hall–Kier alpha value is -0.790. The minimum absolute atomic E-state index is 0.527. The van der Waals surface area contributed by atoms with Crippen molar-refractivity contribution in [2.75, 3.05) is 0 Å². The first-order chi connectivity index (χ1) is 5.07. The van der Waals surface area contributed by atoms with Gasteiger partial charge < -0.3 is 5.11 Å². The van der Waals surface area contributed by atoms with Gasteiger partial charge in [-0.05, 0) is 18.8 Å². The lowest BCUT2D eigenvalue weighted by molar-refractivity contribution is -0.132. The number of carboxylic acids is 1. The van der Waals surface area contributed by atoms with Crippen LogP contribution < -0.4 is 0 Å². The minimum atomic E-state index is -0.784. The molecule has 0 fully saturated rings. The molecule has 0 amide bonds. The second-order valence-electron chi connectivity index (χ2n) is 3.02. The molecular formula is C9H16O2. The van der Waals surface area contributed by atoms with Gasteiger partial charge in [-0.15, -0.1) is 0 Å². The molecule has 11 heavy (non-hydrogen) atoms. The molecule has 64 valence electrons. The van der Waals surface area contributed by atoms with Gasteiger partial charge in [0, 0.05) is 5.57 Å². The van der Waals surface area contributed by atoms with Gasteiger partial charge in [-0.1, -0.05) is 26.8 Å². The average Bonchev–Trinajstić information content (AvgIpc) is 1.87. The largest absolute Gasteiger partial charge is 0.478 e. The van der Waals surface area contributed by atoms with Crippen LogP contribution in [0.4, 0.5) is 0 Å². The summed E-state index contributed by atoms with van der Waals surface area (Å²) in [6.45, 7) is 6.01. The second kappa shape index (κ2) is 4.94. The lowest BCUT2D eigenvalue weighted by Crippen LogP contribution is -1.99. The second-order valence-corrected chi connectivity index (χ2v) is 3.02. The first-order valence-corrected chi connectivity index (χ1v) is 4.00. The van der Waals surface area contributed by atoms with Gasteiger partial charge in [0.15, 0.2) is 0 Å². The van der Waals surface area contributed by atoms with Crippen LogP contribution in [0.1, 0.15) is 33.6 Å². The summed E-state index contributed by atoms with van der Waals surface area (Å²) in [7, 11) is 0. The van der Waals surface area contributed by atoms with Crippen molar-refractivity contribution in [1.29, 1.82) is 0 Å². The molecule has 0 bridgehead atoms. The van der Waals surface area contributed by atoms with E-state index in [1.807, 2.05) is 13.0 Å². The number of aliphatic carboxylic acids is 1. The normalized spacial score (nSPS) is 12.2. The van der Waals surface area contributed by atoms with E-state index in [0.29, 0.717) is 17.9 Å². The summed E-state index contributed by atoms with van der Waals surface area (Å²) in [5.74, 6) is -0.246. The Kier molecular flexibility index (Phi) is 4.59. The lowest BCUT2D eigenvalue weighted by Gasteiger charge is -2.00. The Balaban J connectivity index is 4.02. The molecule has 2 nitrogen and oxygen atoms in total. The van der Waals surface area contributed by atoms with Crippen molar-refractivity contribution in [2.45, 2.75) is 33.6 Å². The highest BCUT2D eigenvalue weighted by Gasteiger charge is 2.03. The molecule has 2 heteroatoms. The van der Waals surface area contributed by atoms with E-state index in [9.17, 15) is 4.79 Å². The highest BCUT2D eigenvalue weighted by molar-refractivity contribution is 5.86. The van der Waals surface area contributed by atoms with E-state index in [1.165, 1.54) is 0 Å². The van der Waals surface area contributed by atoms with E-state index >= 15 is 0 Å². The number of rotatable bonds is 4. The third kappa shape index (κ3) is 4.59. The molecule has 0 unspecified atom stereocenters. The molecular weight excluding hydrogens is 140 g/mol. The van der Waals surface area contributed by atoms with Crippen LogP contribution in [0.5, 0.6) is 0 Å². The SMILES string of the molecule is CC/C(=C\CC(C)C)C(=O)O. The molecule has 0 rings (SSSR count). The summed E-state index contributed by atoms with van der Waals surface area (Å²) < 4.78 is 0. The van der Waals surface area contributed by atoms with Crippen LogP contribution in [0, 0.1) is 5.92 Å². The molecule has 0 atom stereocenters. The molecule has 0 radical (unpaired) electrons. The molecule has 0 aliphatic carbocycles. The third-order valence-corrected chi connectivity index (χ3v) is 1.49. The first-order valence-electron chi connectivity index (χ1n) is 4.00. The zero-order valence-electron chi connectivity index (χ0n) is 7.42. The number of carboxylic acid groups (broad SMARTS) is 1. The van der Waals surface area contributed by atoms with Crippen molar-refractivity contribution >= 4 is 5.97 Å². The van der Waals surface area contributed by atoms with E-state index in [2.05, 4.69) is 13.8 Å². The van der Waals surface area contributed by atoms with Gasteiger partial charge in [0.25, 0.3) is 0 Å². The number of carbonyl (C=O) groups is 1. The predicted molar refractivity (Wildman–Crippen MR) is 45.5 cm³/mol. The predicted octanol–water partition coefficient (Wildman–Crippen LogP) is 2.45. The topological polar surface area (TPSA) is 37.3 Å². The van der Waals surface area contributed by atoms with Crippen LogP contribution in [0.25, 0.3) is 0 Å². The van der Waals surface area contributed by atoms with Crippen LogP contribution >= 0.6 is 0 Å². The highest BCUT2D eigenvalue weighted by Crippen LogP contribution is 2.07. The van der Waals surface area contributed by atoms with Crippen molar-refractivity contribution in [1.82, 2.24) is 0 Å². The quantitative estimate of drug-likeness (QED) is 0.635. The fourth-order valence-corrected chi connectivity index (χ4v) is 0.761. The standard InChI is InChI=1S/C9H16O2/c1-4-8(9(10)11)6-5-7(2)3/h6-7H,4-5H2,1-3H3,(H,10,11)/b8-6+. The maximum absolute atomic E-state index is 10.5.